The molecule has 0 radical (unpaired) electrons. The molecule has 0 saturated carbocycles. The van der Waals surface area contributed by atoms with Gasteiger partial charge in [-0.3, -0.25) is 4.90 Å². The van der Waals surface area contributed by atoms with Crippen LogP contribution in [-0.4, -0.2) is 55.1 Å². The molecule has 2 aliphatic rings. The molecule has 1 unspecified atom stereocenters. The molecule has 3 nitrogen and oxygen atoms in total. The summed E-state index contributed by atoms with van der Waals surface area (Å²) in [5.74, 6) is 0. The molecule has 0 aromatic heterocycles. The van der Waals surface area contributed by atoms with Crippen LogP contribution in [0.1, 0.15) is 24.0 Å². The Balaban J connectivity index is 1.74. The lowest BCUT2D eigenvalue weighted by Gasteiger charge is -2.40. The third-order valence-corrected chi connectivity index (χ3v) is 5.50. The van der Waals surface area contributed by atoms with Crippen LogP contribution in [0.2, 0.25) is 0 Å². The minimum absolute atomic E-state index is 0.132. The quantitative estimate of drug-likeness (QED) is 0.902. The van der Waals surface area contributed by atoms with E-state index in [-0.39, 0.29) is 5.54 Å². The maximum absolute atomic E-state index is 6.20. The standard InChI is InChI=1S/C17H27N3/c1-19-9-5-8-16(19)12-20(2)17(13-18)10-14-6-3-4-7-15(14)11-17/h3-4,6-7,16H,5,8-13,18H2,1-2H3. The van der Waals surface area contributed by atoms with Crippen molar-refractivity contribution < 1.29 is 0 Å². The molecule has 1 aliphatic carbocycles. The molecular weight excluding hydrogens is 246 g/mol. The van der Waals surface area contributed by atoms with Gasteiger partial charge in [-0.1, -0.05) is 24.3 Å². The Morgan fingerprint density at radius 3 is 2.45 bits per heavy atom. The van der Waals surface area contributed by atoms with Gasteiger partial charge in [-0.05, 0) is 57.5 Å². The van der Waals surface area contributed by atoms with E-state index in [0.717, 1.165) is 25.9 Å². The number of benzene rings is 1. The first-order chi connectivity index (χ1) is 9.64. The van der Waals surface area contributed by atoms with Gasteiger partial charge in [-0.25, -0.2) is 0 Å². The maximum atomic E-state index is 6.20. The van der Waals surface area contributed by atoms with Gasteiger partial charge >= 0.3 is 0 Å². The van der Waals surface area contributed by atoms with Crippen molar-refractivity contribution in [3.05, 3.63) is 35.4 Å². The summed E-state index contributed by atoms with van der Waals surface area (Å²) in [5.41, 5.74) is 9.32. The van der Waals surface area contributed by atoms with E-state index in [0.29, 0.717) is 6.04 Å². The summed E-state index contributed by atoms with van der Waals surface area (Å²) in [6.45, 7) is 3.13. The second-order valence-electron chi connectivity index (χ2n) is 6.71. The molecule has 110 valence electrons. The molecule has 3 rings (SSSR count). The van der Waals surface area contributed by atoms with E-state index < -0.39 is 0 Å². The summed E-state index contributed by atoms with van der Waals surface area (Å²) < 4.78 is 0. The summed E-state index contributed by atoms with van der Waals surface area (Å²) in [7, 11) is 4.52. The summed E-state index contributed by atoms with van der Waals surface area (Å²) in [5, 5.41) is 0. The van der Waals surface area contributed by atoms with Gasteiger partial charge in [0.05, 0.1) is 0 Å². The lowest BCUT2D eigenvalue weighted by atomic mass is 9.93. The van der Waals surface area contributed by atoms with Crippen LogP contribution < -0.4 is 5.73 Å². The van der Waals surface area contributed by atoms with Crippen molar-refractivity contribution in [2.75, 3.05) is 33.7 Å². The van der Waals surface area contributed by atoms with E-state index in [1.54, 1.807) is 0 Å². The maximum Gasteiger partial charge on any atom is 0.0409 e. The molecule has 1 aromatic carbocycles. The molecule has 1 aromatic rings. The minimum atomic E-state index is 0.132. The zero-order valence-electron chi connectivity index (χ0n) is 12.8. The highest BCUT2D eigenvalue weighted by atomic mass is 15.2. The van der Waals surface area contributed by atoms with Gasteiger partial charge in [-0.15, -0.1) is 0 Å². The number of fused-ring (bicyclic) bond motifs is 1. The SMILES string of the molecule is CN1CCCC1CN(C)C1(CN)Cc2ccccc2C1. The monoisotopic (exact) mass is 273 g/mol. The fourth-order valence-corrected chi connectivity index (χ4v) is 3.96. The highest BCUT2D eigenvalue weighted by molar-refractivity contribution is 5.36. The van der Waals surface area contributed by atoms with E-state index in [2.05, 4.69) is 48.2 Å². The fraction of sp³-hybridized carbons (Fsp3) is 0.647. The average Bonchev–Trinajstić information content (AvgIpc) is 3.03. The van der Waals surface area contributed by atoms with Gasteiger partial charge < -0.3 is 10.6 Å². The summed E-state index contributed by atoms with van der Waals surface area (Å²) >= 11 is 0. The highest BCUT2D eigenvalue weighted by Gasteiger charge is 2.40. The average molecular weight is 273 g/mol. The van der Waals surface area contributed by atoms with Crippen LogP contribution in [0, 0.1) is 0 Å². The first-order valence-corrected chi connectivity index (χ1v) is 7.83. The van der Waals surface area contributed by atoms with Crippen molar-refractivity contribution >= 4 is 0 Å². The van der Waals surface area contributed by atoms with E-state index in [1.807, 2.05) is 0 Å². The van der Waals surface area contributed by atoms with E-state index >= 15 is 0 Å². The largest absolute Gasteiger partial charge is 0.329 e. The van der Waals surface area contributed by atoms with Crippen LogP contribution in [0.4, 0.5) is 0 Å². The minimum Gasteiger partial charge on any atom is -0.329 e. The number of likely N-dealkylation sites (tertiary alicyclic amines) is 1. The fourth-order valence-electron chi connectivity index (χ4n) is 3.96. The molecule has 1 fully saturated rings. The zero-order chi connectivity index (χ0) is 14.2. The van der Waals surface area contributed by atoms with Crippen molar-refractivity contribution in [1.82, 2.24) is 9.80 Å². The van der Waals surface area contributed by atoms with Crippen LogP contribution in [-0.2, 0) is 12.8 Å². The van der Waals surface area contributed by atoms with Crippen molar-refractivity contribution in [2.24, 2.45) is 5.73 Å². The van der Waals surface area contributed by atoms with Crippen molar-refractivity contribution in [3.8, 4) is 0 Å². The number of likely N-dealkylation sites (N-methyl/N-ethyl adjacent to an activating group) is 2. The van der Waals surface area contributed by atoms with E-state index in [9.17, 15) is 0 Å². The van der Waals surface area contributed by atoms with E-state index in [4.69, 9.17) is 5.73 Å². The Morgan fingerprint density at radius 2 is 1.95 bits per heavy atom. The number of hydrogen-bond acceptors (Lipinski definition) is 3. The Kier molecular flexibility index (Phi) is 3.85. The van der Waals surface area contributed by atoms with Gasteiger partial charge in [0.25, 0.3) is 0 Å². The van der Waals surface area contributed by atoms with Crippen LogP contribution >= 0.6 is 0 Å². The zero-order valence-corrected chi connectivity index (χ0v) is 12.8. The van der Waals surface area contributed by atoms with Gasteiger partial charge in [-0.2, -0.15) is 0 Å². The van der Waals surface area contributed by atoms with Crippen LogP contribution in [0.3, 0.4) is 0 Å². The smallest absolute Gasteiger partial charge is 0.0409 e. The van der Waals surface area contributed by atoms with Crippen molar-refractivity contribution in [3.63, 3.8) is 0 Å². The van der Waals surface area contributed by atoms with Gasteiger partial charge in [0.2, 0.25) is 0 Å². The van der Waals surface area contributed by atoms with Crippen LogP contribution in [0.15, 0.2) is 24.3 Å². The predicted molar refractivity (Wildman–Crippen MR) is 83.9 cm³/mol. The molecule has 3 heteroatoms. The third kappa shape index (κ3) is 2.39. The Hall–Kier alpha value is -0.900. The molecule has 1 atom stereocenters. The number of nitrogens with two attached hydrogens (primary N) is 1. The normalized spacial score (nSPS) is 25.3. The Morgan fingerprint density at radius 1 is 1.30 bits per heavy atom. The first-order valence-electron chi connectivity index (χ1n) is 7.83. The highest BCUT2D eigenvalue weighted by Crippen LogP contribution is 2.34. The summed E-state index contributed by atoms with van der Waals surface area (Å²) in [6, 6.07) is 9.53. The van der Waals surface area contributed by atoms with Crippen LogP contribution in [0.25, 0.3) is 0 Å². The molecule has 0 spiro atoms. The van der Waals surface area contributed by atoms with Crippen molar-refractivity contribution in [1.29, 1.82) is 0 Å². The molecule has 1 aliphatic heterocycles. The molecule has 2 N–H and O–H groups in total. The van der Waals surface area contributed by atoms with Crippen LogP contribution in [0.5, 0.6) is 0 Å². The number of nitrogens with zero attached hydrogens (tertiary/aromatic N) is 2. The summed E-state index contributed by atoms with van der Waals surface area (Å²) in [4.78, 5) is 5.04. The Labute approximate surface area is 122 Å². The molecule has 0 amide bonds. The summed E-state index contributed by atoms with van der Waals surface area (Å²) in [6.07, 6.45) is 4.87. The number of hydrogen-bond donors (Lipinski definition) is 1. The molecule has 1 heterocycles. The lowest BCUT2D eigenvalue weighted by Crippen LogP contribution is -2.56. The Bertz CT molecular complexity index is 446. The van der Waals surface area contributed by atoms with Crippen molar-refractivity contribution in [2.45, 2.75) is 37.3 Å². The third-order valence-electron chi connectivity index (χ3n) is 5.50. The molecule has 1 saturated heterocycles. The second kappa shape index (κ2) is 5.47. The molecule has 0 bridgehead atoms. The lowest BCUT2D eigenvalue weighted by molar-refractivity contribution is 0.103. The van der Waals surface area contributed by atoms with Gasteiger partial charge in [0.15, 0.2) is 0 Å². The first kappa shape index (κ1) is 14.1. The van der Waals surface area contributed by atoms with E-state index in [1.165, 1.54) is 30.5 Å². The second-order valence-corrected chi connectivity index (χ2v) is 6.71. The van der Waals surface area contributed by atoms with Gasteiger partial charge in [0, 0.05) is 24.7 Å². The molecular formula is C17H27N3. The van der Waals surface area contributed by atoms with Gasteiger partial charge in [0.1, 0.15) is 0 Å². The predicted octanol–water partition coefficient (Wildman–Crippen LogP) is 1.51. The topological polar surface area (TPSA) is 32.5 Å². The molecule has 20 heavy (non-hydrogen) atoms. The number of rotatable bonds is 4.